The highest BCUT2D eigenvalue weighted by molar-refractivity contribution is 5.32. The topological polar surface area (TPSA) is 47.0 Å². The van der Waals surface area contributed by atoms with Crippen LogP contribution in [-0.4, -0.2) is 23.6 Å². The van der Waals surface area contributed by atoms with Crippen LogP contribution in [-0.2, 0) is 0 Å². The van der Waals surface area contributed by atoms with Crippen LogP contribution < -0.4 is 10.1 Å². The zero-order valence-corrected chi connectivity index (χ0v) is 11.3. The summed E-state index contributed by atoms with van der Waals surface area (Å²) in [5, 5.41) is 3.27. The molecule has 0 aliphatic carbocycles. The van der Waals surface area contributed by atoms with Crippen molar-refractivity contribution in [1.29, 1.82) is 0 Å². The van der Waals surface area contributed by atoms with Gasteiger partial charge in [0.15, 0.2) is 0 Å². The molecule has 0 saturated heterocycles. The van der Waals surface area contributed by atoms with Gasteiger partial charge in [-0.25, -0.2) is 9.97 Å². The fourth-order valence-electron chi connectivity index (χ4n) is 1.93. The second kappa shape index (κ2) is 6.85. The molecule has 0 radical (unpaired) electrons. The molecule has 19 heavy (non-hydrogen) atoms. The summed E-state index contributed by atoms with van der Waals surface area (Å²) in [6, 6.07) is 10.1. The average Bonchev–Trinajstić information content (AvgIpc) is 2.48. The molecule has 1 atom stereocenters. The lowest BCUT2D eigenvalue weighted by molar-refractivity contribution is 0.317. The molecule has 0 bridgehead atoms. The number of hydrogen-bond donors (Lipinski definition) is 1. The van der Waals surface area contributed by atoms with Gasteiger partial charge in [0.2, 0.25) is 0 Å². The number of benzene rings is 1. The Kier molecular flexibility index (Phi) is 4.86. The Morgan fingerprint density at radius 3 is 2.58 bits per heavy atom. The third-order valence-electron chi connectivity index (χ3n) is 2.88. The predicted octanol–water partition coefficient (Wildman–Crippen LogP) is 2.57. The maximum absolute atomic E-state index is 5.58. The average molecular weight is 257 g/mol. The first-order chi connectivity index (χ1) is 9.35. The summed E-state index contributed by atoms with van der Waals surface area (Å²) in [6.45, 7) is 2.85. The number of aromatic nitrogens is 2. The molecule has 0 spiro atoms. The zero-order valence-electron chi connectivity index (χ0n) is 11.3. The van der Waals surface area contributed by atoms with Crippen LogP contribution in [0.25, 0.3) is 0 Å². The van der Waals surface area contributed by atoms with Crippen molar-refractivity contribution in [1.82, 2.24) is 15.3 Å². The van der Waals surface area contributed by atoms with Crippen molar-refractivity contribution in [3.63, 3.8) is 0 Å². The van der Waals surface area contributed by atoms with Crippen molar-refractivity contribution in [2.75, 3.05) is 13.7 Å². The number of nitrogens with zero attached hydrogens (tertiary/aromatic N) is 2. The molecule has 4 heteroatoms. The Morgan fingerprint density at radius 2 is 2.00 bits per heavy atom. The smallest absolute Gasteiger partial charge is 0.119 e. The third-order valence-corrected chi connectivity index (χ3v) is 2.88. The molecule has 100 valence electrons. The van der Waals surface area contributed by atoms with Crippen molar-refractivity contribution in [2.45, 2.75) is 19.4 Å². The van der Waals surface area contributed by atoms with E-state index in [0.717, 1.165) is 30.0 Å². The summed E-state index contributed by atoms with van der Waals surface area (Å²) in [7, 11) is 1.92. The number of hydrogen-bond acceptors (Lipinski definition) is 4. The van der Waals surface area contributed by atoms with Crippen LogP contribution in [0.15, 0.2) is 42.9 Å². The van der Waals surface area contributed by atoms with Crippen molar-refractivity contribution >= 4 is 0 Å². The maximum Gasteiger partial charge on any atom is 0.119 e. The van der Waals surface area contributed by atoms with Gasteiger partial charge in [0, 0.05) is 6.20 Å². The summed E-state index contributed by atoms with van der Waals surface area (Å²) in [6.07, 6.45) is 4.34. The van der Waals surface area contributed by atoms with Crippen LogP contribution in [0.5, 0.6) is 5.75 Å². The molecule has 0 saturated carbocycles. The molecule has 1 aromatic heterocycles. The minimum absolute atomic E-state index is 0.0724. The van der Waals surface area contributed by atoms with E-state index in [0.29, 0.717) is 0 Å². The van der Waals surface area contributed by atoms with Gasteiger partial charge in [-0.15, -0.1) is 0 Å². The van der Waals surface area contributed by atoms with Gasteiger partial charge in [-0.3, -0.25) is 0 Å². The number of rotatable bonds is 6. The van der Waals surface area contributed by atoms with Gasteiger partial charge in [0.25, 0.3) is 0 Å². The summed E-state index contributed by atoms with van der Waals surface area (Å²) in [5.41, 5.74) is 2.12. The molecular formula is C15H19N3O. The molecule has 1 unspecified atom stereocenters. The van der Waals surface area contributed by atoms with Crippen LogP contribution in [0.2, 0.25) is 0 Å². The molecule has 2 rings (SSSR count). The largest absolute Gasteiger partial charge is 0.494 e. The third kappa shape index (κ3) is 3.51. The SMILES string of the molecule is CCCOc1ccc(C(NC)c2ccncn2)cc1. The monoisotopic (exact) mass is 257 g/mol. The molecular weight excluding hydrogens is 238 g/mol. The Balaban J connectivity index is 2.15. The summed E-state index contributed by atoms with van der Waals surface area (Å²) in [4.78, 5) is 8.24. The quantitative estimate of drug-likeness (QED) is 0.864. The van der Waals surface area contributed by atoms with Crippen LogP contribution in [0.4, 0.5) is 0 Å². The lowest BCUT2D eigenvalue weighted by Crippen LogP contribution is -2.18. The van der Waals surface area contributed by atoms with Crippen molar-refractivity contribution < 1.29 is 4.74 Å². The van der Waals surface area contributed by atoms with Crippen molar-refractivity contribution in [3.8, 4) is 5.75 Å². The lowest BCUT2D eigenvalue weighted by Gasteiger charge is -2.16. The first-order valence-corrected chi connectivity index (χ1v) is 6.51. The van der Waals surface area contributed by atoms with Crippen LogP contribution in [0.3, 0.4) is 0 Å². The Labute approximate surface area is 113 Å². The fraction of sp³-hybridized carbons (Fsp3) is 0.333. The summed E-state index contributed by atoms with van der Waals surface area (Å²) >= 11 is 0. The van der Waals surface area contributed by atoms with E-state index in [9.17, 15) is 0 Å². The van der Waals surface area contributed by atoms with Gasteiger partial charge >= 0.3 is 0 Å². The van der Waals surface area contributed by atoms with Gasteiger partial charge in [-0.2, -0.15) is 0 Å². The highest BCUT2D eigenvalue weighted by Gasteiger charge is 2.12. The predicted molar refractivity (Wildman–Crippen MR) is 75.2 cm³/mol. The standard InChI is InChI=1S/C15H19N3O/c1-3-10-19-13-6-4-12(5-7-13)15(16-2)14-8-9-17-11-18-14/h4-9,11,15-16H,3,10H2,1-2H3. The van der Waals surface area contributed by atoms with E-state index in [-0.39, 0.29) is 6.04 Å². The van der Waals surface area contributed by atoms with Crippen LogP contribution in [0.1, 0.15) is 30.6 Å². The molecule has 1 heterocycles. The van der Waals surface area contributed by atoms with E-state index in [1.54, 1.807) is 12.5 Å². The molecule has 0 aliphatic heterocycles. The Morgan fingerprint density at radius 1 is 1.21 bits per heavy atom. The van der Waals surface area contributed by atoms with Crippen LogP contribution >= 0.6 is 0 Å². The zero-order chi connectivity index (χ0) is 13.5. The van der Waals surface area contributed by atoms with Crippen molar-refractivity contribution in [3.05, 3.63) is 54.1 Å². The minimum Gasteiger partial charge on any atom is -0.494 e. The lowest BCUT2D eigenvalue weighted by atomic mass is 10.0. The Bertz CT molecular complexity index is 485. The minimum atomic E-state index is 0.0724. The van der Waals surface area contributed by atoms with Crippen molar-refractivity contribution in [2.24, 2.45) is 0 Å². The highest BCUT2D eigenvalue weighted by Crippen LogP contribution is 2.22. The van der Waals surface area contributed by atoms with Gasteiger partial charge < -0.3 is 10.1 Å². The molecule has 4 nitrogen and oxygen atoms in total. The van der Waals surface area contributed by atoms with Gasteiger partial charge in [0.05, 0.1) is 18.3 Å². The molecule has 1 aromatic carbocycles. The number of ether oxygens (including phenoxy) is 1. The fourth-order valence-corrected chi connectivity index (χ4v) is 1.93. The van der Waals surface area contributed by atoms with Gasteiger partial charge in [0.1, 0.15) is 12.1 Å². The Hall–Kier alpha value is -1.94. The first kappa shape index (κ1) is 13.5. The highest BCUT2D eigenvalue weighted by atomic mass is 16.5. The molecule has 1 N–H and O–H groups in total. The molecule has 2 aromatic rings. The van der Waals surface area contributed by atoms with E-state index < -0.39 is 0 Å². The van der Waals surface area contributed by atoms with Crippen LogP contribution in [0, 0.1) is 0 Å². The van der Waals surface area contributed by atoms with E-state index in [1.165, 1.54) is 0 Å². The van der Waals surface area contributed by atoms with E-state index in [2.05, 4.69) is 34.3 Å². The van der Waals surface area contributed by atoms with E-state index >= 15 is 0 Å². The summed E-state index contributed by atoms with van der Waals surface area (Å²) < 4.78 is 5.58. The van der Waals surface area contributed by atoms with Gasteiger partial charge in [-0.05, 0) is 37.2 Å². The van der Waals surface area contributed by atoms with Gasteiger partial charge in [-0.1, -0.05) is 19.1 Å². The number of nitrogens with one attached hydrogen (secondary N) is 1. The molecule has 0 amide bonds. The molecule has 0 aliphatic rings. The molecule has 0 fully saturated rings. The van der Waals surface area contributed by atoms with E-state index in [4.69, 9.17) is 4.74 Å². The normalized spacial score (nSPS) is 12.1. The summed E-state index contributed by atoms with van der Waals surface area (Å²) in [5.74, 6) is 0.906. The second-order valence-electron chi connectivity index (χ2n) is 4.27. The van der Waals surface area contributed by atoms with E-state index in [1.807, 2.05) is 25.2 Å². The first-order valence-electron chi connectivity index (χ1n) is 6.51. The second-order valence-corrected chi connectivity index (χ2v) is 4.27. The maximum atomic E-state index is 5.58.